The van der Waals surface area contributed by atoms with E-state index in [1.165, 1.54) is 9.13 Å². The highest BCUT2D eigenvalue weighted by Crippen LogP contribution is 2.39. The van der Waals surface area contributed by atoms with Crippen LogP contribution in [0.3, 0.4) is 0 Å². The van der Waals surface area contributed by atoms with Crippen molar-refractivity contribution in [3.63, 3.8) is 0 Å². The van der Waals surface area contributed by atoms with Gasteiger partial charge in [0.2, 0.25) is 0 Å². The Kier molecular flexibility index (Phi) is 6.73. The number of hydrogen-bond acceptors (Lipinski definition) is 2. The van der Waals surface area contributed by atoms with Crippen molar-refractivity contribution in [1.29, 1.82) is 0 Å². The van der Waals surface area contributed by atoms with Crippen LogP contribution in [0.15, 0.2) is 0 Å². The molecule has 0 saturated heterocycles. The molecular weight excluding hydrogens is 271 g/mol. The Hall–Kier alpha value is -0.213. The summed E-state index contributed by atoms with van der Waals surface area (Å²) in [7, 11) is -3.15. The molecule has 0 aliphatic carbocycles. The van der Waals surface area contributed by atoms with Crippen LogP contribution >= 0.6 is 0 Å². The van der Waals surface area contributed by atoms with Crippen molar-refractivity contribution < 1.29 is 22.0 Å². The Labute approximate surface area is 107 Å². The maximum atomic E-state index is 13.7. The monoisotopic (exact) mass is 291 g/mol. The molecule has 1 radical (unpaired) electrons. The van der Waals surface area contributed by atoms with Gasteiger partial charge in [0, 0.05) is 0 Å². The molecular formula is C10H20F5N2Si. The fourth-order valence-corrected chi connectivity index (χ4v) is 4.42. The molecule has 18 heavy (non-hydrogen) atoms. The van der Waals surface area contributed by atoms with Gasteiger partial charge < -0.3 is 9.13 Å². The fourth-order valence-electron chi connectivity index (χ4n) is 1.77. The van der Waals surface area contributed by atoms with Gasteiger partial charge in [-0.2, -0.15) is 22.0 Å². The lowest BCUT2D eigenvalue weighted by molar-refractivity contribution is -0.250. The number of alkyl halides is 5. The van der Waals surface area contributed by atoms with Crippen molar-refractivity contribution in [2.45, 2.75) is 39.4 Å². The molecule has 0 fully saturated rings. The van der Waals surface area contributed by atoms with Gasteiger partial charge in [0.05, 0.1) is 0 Å². The smallest absolute Gasteiger partial charge is 0.308 e. The zero-order valence-electron chi connectivity index (χ0n) is 11.1. The second kappa shape index (κ2) is 6.81. The van der Waals surface area contributed by atoms with Crippen molar-refractivity contribution in [2.75, 3.05) is 26.2 Å². The molecule has 0 bridgehead atoms. The fraction of sp³-hybridized carbons (Fsp3) is 1.00. The lowest BCUT2D eigenvalue weighted by Gasteiger charge is -2.40. The molecule has 0 unspecified atom stereocenters. The molecule has 0 aliphatic heterocycles. The summed E-state index contributed by atoms with van der Waals surface area (Å²) in [4.78, 5) is 0. The van der Waals surface area contributed by atoms with Crippen molar-refractivity contribution in [3.8, 4) is 0 Å². The van der Waals surface area contributed by atoms with Crippen LogP contribution in [0.4, 0.5) is 22.0 Å². The summed E-state index contributed by atoms with van der Waals surface area (Å²) in [6.07, 6.45) is -5.49. The normalized spacial score (nSPS) is 14.0. The predicted octanol–water partition coefficient (Wildman–Crippen LogP) is 2.90. The topological polar surface area (TPSA) is 6.48 Å². The van der Waals surface area contributed by atoms with Crippen LogP contribution in [0, 0.1) is 0 Å². The van der Waals surface area contributed by atoms with E-state index in [4.69, 9.17) is 0 Å². The summed E-state index contributed by atoms with van der Waals surface area (Å²) >= 11 is 0. The van der Waals surface area contributed by atoms with Crippen LogP contribution in [-0.4, -0.2) is 56.2 Å². The first kappa shape index (κ1) is 17.8. The van der Waals surface area contributed by atoms with Gasteiger partial charge in [-0.05, 0) is 26.2 Å². The lowest BCUT2D eigenvalue weighted by atomic mass is 10.6. The second-order valence-electron chi connectivity index (χ2n) is 3.74. The minimum Gasteiger partial charge on any atom is -0.308 e. The zero-order chi connectivity index (χ0) is 14.6. The van der Waals surface area contributed by atoms with E-state index in [9.17, 15) is 22.0 Å². The molecule has 8 heteroatoms. The van der Waals surface area contributed by atoms with E-state index >= 15 is 0 Å². The molecule has 0 N–H and O–H groups in total. The highest BCUT2D eigenvalue weighted by atomic mass is 28.3. The van der Waals surface area contributed by atoms with E-state index < -0.39 is 20.8 Å². The third-order valence-corrected chi connectivity index (χ3v) is 6.07. The van der Waals surface area contributed by atoms with Crippen LogP contribution in [0.25, 0.3) is 0 Å². The molecule has 0 rings (SSSR count). The van der Waals surface area contributed by atoms with Gasteiger partial charge in [-0.3, -0.25) is 0 Å². The van der Waals surface area contributed by atoms with Gasteiger partial charge >= 0.3 is 20.8 Å². The SMILES string of the molecule is CCN(CC)[Si](N(CC)CC)C(F)(F)C(F)(F)F. The van der Waals surface area contributed by atoms with E-state index in [-0.39, 0.29) is 26.2 Å². The van der Waals surface area contributed by atoms with Crippen LogP contribution in [0.2, 0.25) is 0 Å². The quantitative estimate of drug-likeness (QED) is 0.526. The molecule has 0 aromatic rings. The Morgan fingerprint density at radius 1 is 0.722 bits per heavy atom. The molecule has 109 valence electrons. The van der Waals surface area contributed by atoms with Crippen molar-refractivity contribution in [3.05, 3.63) is 0 Å². The maximum absolute atomic E-state index is 13.7. The van der Waals surface area contributed by atoms with Crippen LogP contribution in [0.5, 0.6) is 0 Å². The van der Waals surface area contributed by atoms with Gasteiger partial charge in [0.15, 0.2) is 0 Å². The summed E-state index contributed by atoms with van der Waals surface area (Å²) < 4.78 is 67.6. The van der Waals surface area contributed by atoms with E-state index in [2.05, 4.69) is 0 Å². The molecule has 2 nitrogen and oxygen atoms in total. The Balaban J connectivity index is 5.45. The van der Waals surface area contributed by atoms with Crippen LogP contribution in [0.1, 0.15) is 27.7 Å². The highest BCUT2D eigenvalue weighted by molar-refractivity contribution is 6.56. The molecule has 0 saturated carbocycles. The van der Waals surface area contributed by atoms with E-state index in [1.54, 1.807) is 27.7 Å². The van der Waals surface area contributed by atoms with E-state index in [0.717, 1.165) is 0 Å². The van der Waals surface area contributed by atoms with E-state index in [0.29, 0.717) is 0 Å². The van der Waals surface area contributed by atoms with Crippen molar-refractivity contribution in [2.24, 2.45) is 0 Å². The largest absolute Gasteiger partial charge is 0.452 e. The first-order valence-corrected chi connectivity index (χ1v) is 7.38. The number of halogens is 5. The average Bonchev–Trinajstić information content (AvgIpc) is 2.28. The van der Waals surface area contributed by atoms with Gasteiger partial charge in [0.25, 0.3) is 0 Å². The first-order chi connectivity index (χ1) is 8.17. The number of hydrogen-bond donors (Lipinski definition) is 0. The standard InChI is InChI=1S/C10H20F5N2Si/c1-5-16(6-2)18(17(7-3)8-4)10(14,15)9(11,12)13/h5-8H2,1-4H3. The van der Waals surface area contributed by atoms with Gasteiger partial charge in [-0.25, -0.2) is 0 Å². The molecule has 0 aromatic heterocycles. The minimum absolute atomic E-state index is 0.187. The Morgan fingerprint density at radius 3 is 1.17 bits per heavy atom. The van der Waals surface area contributed by atoms with Gasteiger partial charge in [0.1, 0.15) is 0 Å². The van der Waals surface area contributed by atoms with Gasteiger partial charge in [-0.15, -0.1) is 0 Å². The Bertz CT molecular complexity index is 227. The second-order valence-corrected chi connectivity index (χ2v) is 6.28. The summed E-state index contributed by atoms with van der Waals surface area (Å²) in [6, 6.07) is 0. The summed E-state index contributed by atoms with van der Waals surface area (Å²) in [5, 5.41) is 0. The zero-order valence-corrected chi connectivity index (χ0v) is 12.1. The maximum Gasteiger partial charge on any atom is 0.452 e. The molecule has 0 atom stereocenters. The number of nitrogens with zero attached hydrogens (tertiary/aromatic N) is 2. The highest BCUT2D eigenvalue weighted by Gasteiger charge is 2.66. The summed E-state index contributed by atoms with van der Waals surface area (Å²) in [5.74, 6) is 0. The van der Waals surface area contributed by atoms with Crippen molar-refractivity contribution in [1.82, 2.24) is 9.13 Å². The lowest BCUT2D eigenvalue weighted by Crippen LogP contribution is -2.67. The summed E-state index contributed by atoms with van der Waals surface area (Å²) in [5.41, 5.74) is -4.64. The number of rotatable bonds is 7. The van der Waals surface area contributed by atoms with Gasteiger partial charge in [-0.1, -0.05) is 27.7 Å². The predicted molar refractivity (Wildman–Crippen MR) is 62.6 cm³/mol. The third-order valence-electron chi connectivity index (χ3n) is 2.76. The minimum atomic E-state index is -5.49. The molecule has 0 heterocycles. The molecule has 0 spiro atoms. The Morgan fingerprint density at radius 2 is 1.00 bits per heavy atom. The van der Waals surface area contributed by atoms with Crippen molar-refractivity contribution >= 4 is 9.12 Å². The van der Waals surface area contributed by atoms with Crippen LogP contribution < -0.4 is 0 Å². The van der Waals surface area contributed by atoms with Crippen LogP contribution in [-0.2, 0) is 0 Å². The third kappa shape index (κ3) is 3.64. The first-order valence-electron chi connectivity index (χ1n) is 5.99. The molecule has 0 aromatic carbocycles. The average molecular weight is 291 g/mol. The molecule has 0 aliphatic rings. The molecule has 0 amide bonds. The summed E-state index contributed by atoms with van der Waals surface area (Å²) in [6.45, 7) is 7.16. The van der Waals surface area contributed by atoms with E-state index in [1.807, 2.05) is 0 Å².